The van der Waals surface area contributed by atoms with E-state index < -0.39 is 0 Å². The van der Waals surface area contributed by atoms with Gasteiger partial charge < -0.3 is 5.32 Å². The lowest BCUT2D eigenvalue weighted by Gasteiger charge is -2.50. The SMILES string of the molecule is CNCCC1CCC2C3CCN(CC3)C12. The van der Waals surface area contributed by atoms with E-state index in [-0.39, 0.29) is 0 Å². The number of fused-ring (bicyclic) bond motifs is 2. The molecule has 4 rings (SSSR count). The van der Waals surface area contributed by atoms with Crippen molar-refractivity contribution in [2.75, 3.05) is 26.7 Å². The zero-order valence-corrected chi connectivity index (χ0v) is 9.91. The molecule has 3 atom stereocenters. The zero-order chi connectivity index (χ0) is 10.3. The van der Waals surface area contributed by atoms with Gasteiger partial charge in [-0.05, 0) is 76.5 Å². The molecule has 0 spiro atoms. The van der Waals surface area contributed by atoms with Crippen LogP contribution in [0.4, 0.5) is 0 Å². The minimum Gasteiger partial charge on any atom is -0.320 e. The van der Waals surface area contributed by atoms with Gasteiger partial charge in [0.15, 0.2) is 0 Å². The van der Waals surface area contributed by atoms with E-state index in [1.807, 2.05) is 0 Å². The second-order valence-electron chi connectivity index (χ2n) is 5.76. The Bertz CT molecular complexity index is 221. The fourth-order valence-corrected chi connectivity index (χ4v) is 4.47. The van der Waals surface area contributed by atoms with Crippen LogP contribution in [0.3, 0.4) is 0 Å². The third-order valence-corrected chi connectivity index (χ3v) is 5.16. The molecule has 1 aliphatic carbocycles. The summed E-state index contributed by atoms with van der Waals surface area (Å²) in [6, 6.07) is 0.978. The molecule has 2 nitrogen and oxygen atoms in total. The number of nitrogens with zero attached hydrogens (tertiary/aromatic N) is 1. The Morgan fingerprint density at radius 1 is 1.13 bits per heavy atom. The van der Waals surface area contributed by atoms with E-state index >= 15 is 0 Å². The van der Waals surface area contributed by atoms with Gasteiger partial charge in [-0.25, -0.2) is 0 Å². The van der Waals surface area contributed by atoms with Crippen LogP contribution in [0.5, 0.6) is 0 Å². The second-order valence-corrected chi connectivity index (χ2v) is 5.76. The average molecular weight is 208 g/mol. The quantitative estimate of drug-likeness (QED) is 0.759. The van der Waals surface area contributed by atoms with Crippen LogP contribution in [0.1, 0.15) is 32.1 Å². The third kappa shape index (κ3) is 1.62. The summed E-state index contributed by atoms with van der Waals surface area (Å²) in [5, 5.41) is 3.32. The molecule has 4 fully saturated rings. The fourth-order valence-electron chi connectivity index (χ4n) is 4.47. The summed E-state index contributed by atoms with van der Waals surface area (Å²) in [5.74, 6) is 3.18. The second kappa shape index (κ2) is 4.06. The van der Waals surface area contributed by atoms with Crippen LogP contribution in [0.15, 0.2) is 0 Å². The summed E-state index contributed by atoms with van der Waals surface area (Å²) >= 11 is 0. The number of nitrogens with one attached hydrogen (secondary N) is 1. The molecule has 1 saturated carbocycles. The van der Waals surface area contributed by atoms with Gasteiger partial charge in [0.05, 0.1) is 0 Å². The number of rotatable bonds is 3. The standard InChI is InChI=1S/C13H24N2/c1-14-7-4-11-2-3-12-10-5-8-15(9-6-10)13(11)12/h10-14H,2-9H2,1H3. The van der Waals surface area contributed by atoms with Crippen molar-refractivity contribution in [2.24, 2.45) is 17.8 Å². The van der Waals surface area contributed by atoms with Crippen molar-refractivity contribution in [1.29, 1.82) is 0 Å². The highest BCUT2D eigenvalue weighted by Gasteiger charge is 2.48. The largest absolute Gasteiger partial charge is 0.320 e. The van der Waals surface area contributed by atoms with Crippen molar-refractivity contribution in [1.82, 2.24) is 10.2 Å². The van der Waals surface area contributed by atoms with E-state index in [0.29, 0.717) is 0 Å². The summed E-state index contributed by atoms with van der Waals surface area (Å²) < 4.78 is 0. The highest BCUT2D eigenvalue weighted by molar-refractivity contribution is 5.01. The molecule has 3 aliphatic heterocycles. The topological polar surface area (TPSA) is 15.3 Å². The number of hydrogen-bond acceptors (Lipinski definition) is 2. The molecule has 0 aromatic heterocycles. The zero-order valence-electron chi connectivity index (χ0n) is 9.91. The van der Waals surface area contributed by atoms with Crippen LogP contribution >= 0.6 is 0 Å². The number of piperidine rings is 3. The van der Waals surface area contributed by atoms with Gasteiger partial charge in [-0.15, -0.1) is 0 Å². The summed E-state index contributed by atoms with van der Waals surface area (Å²) in [5.41, 5.74) is 0. The van der Waals surface area contributed by atoms with Gasteiger partial charge in [-0.2, -0.15) is 0 Å². The van der Waals surface area contributed by atoms with Gasteiger partial charge in [0.2, 0.25) is 0 Å². The normalized spacial score (nSPS) is 48.2. The first kappa shape index (κ1) is 10.1. The fraction of sp³-hybridized carbons (Fsp3) is 1.00. The van der Waals surface area contributed by atoms with Gasteiger partial charge in [-0.1, -0.05) is 0 Å². The lowest BCUT2D eigenvalue weighted by Crippen LogP contribution is -2.54. The maximum atomic E-state index is 3.32. The molecule has 3 heterocycles. The lowest BCUT2D eigenvalue weighted by atomic mass is 9.73. The summed E-state index contributed by atoms with van der Waals surface area (Å²) in [6.45, 7) is 4.02. The van der Waals surface area contributed by atoms with Crippen molar-refractivity contribution in [2.45, 2.75) is 38.1 Å². The molecule has 0 amide bonds. The molecule has 2 bridgehead atoms. The highest BCUT2D eigenvalue weighted by atomic mass is 15.2. The lowest BCUT2D eigenvalue weighted by molar-refractivity contribution is -0.0108. The average Bonchev–Trinajstić information content (AvgIpc) is 2.74. The van der Waals surface area contributed by atoms with Crippen molar-refractivity contribution >= 4 is 0 Å². The first-order chi connectivity index (χ1) is 7.40. The van der Waals surface area contributed by atoms with E-state index in [0.717, 1.165) is 23.8 Å². The van der Waals surface area contributed by atoms with Crippen LogP contribution in [0.2, 0.25) is 0 Å². The van der Waals surface area contributed by atoms with Crippen LogP contribution in [-0.4, -0.2) is 37.6 Å². The predicted octanol–water partition coefficient (Wildman–Crippen LogP) is 1.72. The Morgan fingerprint density at radius 3 is 2.67 bits per heavy atom. The third-order valence-electron chi connectivity index (χ3n) is 5.16. The van der Waals surface area contributed by atoms with Crippen molar-refractivity contribution < 1.29 is 0 Å². The predicted molar refractivity (Wildman–Crippen MR) is 62.8 cm³/mol. The number of hydrogen-bond donors (Lipinski definition) is 1. The summed E-state index contributed by atoms with van der Waals surface area (Å²) in [7, 11) is 2.08. The van der Waals surface area contributed by atoms with Crippen LogP contribution in [-0.2, 0) is 0 Å². The van der Waals surface area contributed by atoms with Crippen molar-refractivity contribution in [3.8, 4) is 0 Å². The molecular weight excluding hydrogens is 184 g/mol. The minimum absolute atomic E-state index is 0.978. The first-order valence-electron chi connectivity index (χ1n) is 6.79. The van der Waals surface area contributed by atoms with E-state index in [1.165, 1.54) is 51.7 Å². The Morgan fingerprint density at radius 2 is 1.93 bits per heavy atom. The molecule has 0 aromatic carbocycles. The van der Waals surface area contributed by atoms with Crippen molar-refractivity contribution in [3.05, 3.63) is 0 Å². The molecule has 3 unspecified atom stereocenters. The monoisotopic (exact) mass is 208 g/mol. The molecule has 2 heteroatoms. The Hall–Kier alpha value is -0.0800. The van der Waals surface area contributed by atoms with Gasteiger partial charge >= 0.3 is 0 Å². The Balaban J connectivity index is 1.69. The molecule has 4 aliphatic rings. The van der Waals surface area contributed by atoms with Gasteiger partial charge in [0, 0.05) is 6.04 Å². The van der Waals surface area contributed by atoms with Gasteiger partial charge in [0.1, 0.15) is 0 Å². The highest BCUT2D eigenvalue weighted by Crippen LogP contribution is 2.48. The van der Waals surface area contributed by atoms with E-state index in [4.69, 9.17) is 0 Å². The Kier molecular flexibility index (Phi) is 2.73. The van der Waals surface area contributed by atoms with E-state index in [1.54, 1.807) is 0 Å². The molecule has 15 heavy (non-hydrogen) atoms. The molecule has 3 saturated heterocycles. The summed E-state index contributed by atoms with van der Waals surface area (Å²) in [6.07, 6.45) is 7.44. The van der Waals surface area contributed by atoms with Crippen LogP contribution in [0, 0.1) is 17.8 Å². The van der Waals surface area contributed by atoms with Crippen LogP contribution < -0.4 is 5.32 Å². The molecule has 0 aromatic rings. The Labute approximate surface area is 93.4 Å². The maximum Gasteiger partial charge on any atom is 0.0155 e. The van der Waals surface area contributed by atoms with Crippen molar-refractivity contribution in [3.63, 3.8) is 0 Å². The maximum absolute atomic E-state index is 3.32. The molecule has 0 radical (unpaired) electrons. The molecule has 1 N–H and O–H groups in total. The van der Waals surface area contributed by atoms with Crippen LogP contribution in [0.25, 0.3) is 0 Å². The van der Waals surface area contributed by atoms with Gasteiger partial charge in [0.25, 0.3) is 0 Å². The van der Waals surface area contributed by atoms with E-state index in [9.17, 15) is 0 Å². The van der Waals surface area contributed by atoms with Gasteiger partial charge in [-0.3, -0.25) is 4.90 Å². The van der Waals surface area contributed by atoms with E-state index in [2.05, 4.69) is 17.3 Å². The molecule has 86 valence electrons. The minimum atomic E-state index is 0.978. The molecular formula is C13H24N2. The summed E-state index contributed by atoms with van der Waals surface area (Å²) in [4.78, 5) is 2.82. The smallest absolute Gasteiger partial charge is 0.0155 e. The first-order valence-corrected chi connectivity index (χ1v) is 6.79.